The first-order valence-corrected chi connectivity index (χ1v) is 12.5. The van der Waals surface area contributed by atoms with Crippen LogP contribution in [0.4, 0.5) is 11.4 Å². The normalized spacial score (nSPS) is 12.0. The number of benzene rings is 2. The molecule has 35 heavy (non-hydrogen) atoms. The minimum absolute atomic E-state index is 0.222. The Hall–Kier alpha value is -3.28. The lowest BCUT2D eigenvalue weighted by molar-refractivity contribution is -0.132. The van der Waals surface area contributed by atoms with Crippen LogP contribution in [0.1, 0.15) is 45.6 Å². The minimum Gasteiger partial charge on any atom is -0.497 e. The SMILES string of the molecule is COc1cc(NC(C)CCCN(Cc2ccc(N(C)C)cc2)C(=O)CC(C)C)c2ncccc2c1. The van der Waals surface area contributed by atoms with Crippen molar-refractivity contribution >= 4 is 28.2 Å². The molecule has 1 aromatic heterocycles. The predicted octanol–water partition coefficient (Wildman–Crippen LogP) is 5.96. The van der Waals surface area contributed by atoms with E-state index in [1.165, 1.54) is 0 Å². The monoisotopic (exact) mass is 476 g/mol. The van der Waals surface area contributed by atoms with E-state index in [1.807, 2.05) is 49.5 Å². The number of aromatic nitrogens is 1. The Balaban J connectivity index is 1.63. The van der Waals surface area contributed by atoms with Crippen molar-refractivity contribution in [2.75, 3.05) is 38.0 Å². The molecule has 1 atom stereocenters. The Labute approximate surface area is 210 Å². The first-order chi connectivity index (χ1) is 16.8. The molecule has 0 aliphatic rings. The van der Waals surface area contributed by atoms with Crippen LogP contribution in [0, 0.1) is 5.92 Å². The molecule has 3 rings (SSSR count). The summed E-state index contributed by atoms with van der Waals surface area (Å²) in [7, 11) is 5.75. The van der Waals surface area contributed by atoms with Crippen LogP contribution in [0.25, 0.3) is 10.9 Å². The molecule has 6 heteroatoms. The van der Waals surface area contributed by atoms with Crippen molar-refractivity contribution in [3.63, 3.8) is 0 Å². The number of fused-ring (bicyclic) bond motifs is 1. The number of methoxy groups -OCH3 is 1. The summed E-state index contributed by atoms with van der Waals surface area (Å²) in [6.07, 6.45) is 4.25. The van der Waals surface area contributed by atoms with E-state index >= 15 is 0 Å². The highest BCUT2D eigenvalue weighted by Gasteiger charge is 2.16. The molecule has 1 unspecified atom stereocenters. The lowest BCUT2D eigenvalue weighted by atomic mass is 10.1. The van der Waals surface area contributed by atoms with E-state index in [1.54, 1.807) is 7.11 Å². The fraction of sp³-hybridized carbons (Fsp3) is 0.448. The molecule has 0 saturated heterocycles. The van der Waals surface area contributed by atoms with Crippen LogP contribution in [-0.2, 0) is 11.3 Å². The van der Waals surface area contributed by atoms with Gasteiger partial charge in [0, 0.05) is 63.0 Å². The predicted molar refractivity (Wildman–Crippen MR) is 146 cm³/mol. The number of rotatable bonds is 12. The highest BCUT2D eigenvalue weighted by Crippen LogP contribution is 2.28. The average Bonchev–Trinajstić information content (AvgIpc) is 2.83. The van der Waals surface area contributed by atoms with Crippen LogP contribution in [0.5, 0.6) is 5.75 Å². The molecular weight excluding hydrogens is 436 g/mol. The lowest BCUT2D eigenvalue weighted by Gasteiger charge is -2.25. The Bertz CT molecular complexity index is 1100. The molecule has 0 saturated carbocycles. The number of carbonyl (C=O) groups excluding carboxylic acids is 1. The molecule has 0 radical (unpaired) electrons. The van der Waals surface area contributed by atoms with Gasteiger partial charge in [-0.3, -0.25) is 9.78 Å². The number of nitrogens with one attached hydrogen (secondary N) is 1. The fourth-order valence-corrected chi connectivity index (χ4v) is 4.21. The number of anilines is 2. The van der Waals surface area contributed by atoms with E-state index in [0.717, 1.165) is 53.0 Å². The number of hydrogen-bond acceptors (Lipinski definition) is 5. The maximum absolute atomic E-state index is 13.0. The smallest absolute Gasteiger partial charge is 0.223 e. The molecular formula is C29H40N4O2. The second-order valence-corrected chi connectivity index (χ2v) is 9.91. The standard InChI is InChI=1S/C29H40N4O2/c1-21(2)17-28(34)33(20-23-11-13-25(14-12-23)32(4)5)16-8-9-22(3)31-27-19-26(35-6)18-24-10-7-15-30-29(24)27/h7,10-15,18-19,21-22,31H,8-9,16-17,20H2,1-6H3. The Morgan fingerprint density at radius 3 is 2.49 bits per heavy atom. The van der Waals surface area contributed by atoms with Gasteiger partial charge in [-0.05, 0) is 55.5 Å². The van der Waals surface area contributed by atoms with Gasteiger partial charge in [0.1, 0.15) is 5.75 Å². The molecule has 6 nitrogen and oxygen atoms in total. The topological polar surface area (TPSA) is 57.7 Å². The third-order valence-electron chi connectivity index (χ3n) is 6.14. The second kappa shape index (κ2) is 12.4. The summed E-state index contributed by atoms with van der Waals surface area (Å²) in [5.74, 6) is 1.38. The molecule has 0 fully saturated rings. The van der Waals surface area contributed by atoms with E-state index in [9.17, 15) is 4.79 Å². The van der Waals surface area contributed by atoms with Gasteiger partial charge >= 0.3 is 0 Å². The van der Waals surface area contributed by atoms with Gasteiger partial charge in [0.2, 0.25) is 5.91 Å². The minimum atomic E-state index is 0.222. The quantitative estimate of drug-likeness (QED) is 0.349. The average molecular weight is 477 g/mol. The maximum Gasteiger partial charge on any atom is 0.223 e. The highest BCUT2D eigenvalue weighted by molar-refractivity contribution is 5.91. The molecule has 1 N–H and O–H groups in total. The van der Waals surface area contributed by atoms with E-state index in [2.05, 4.69) is 60.2 Å². The lowest BCUT2D eigenvalue weighted by Crippen LogP contribution is -2.33. The van der Waals surface area contributed by atoms with Crippen LogP contribution in [0.15, 0.2) is 54.7 Å². The fourth-order valence-electron chi connectivity index (χ4n) is 4.21. The number of nitrogens with zero attached hydrogens (tertiary/aromatic N) is 3. The van der Waals surface area contributed by atoms with Crippen molar-refractivity contribution in [2.24, 2.45) is 5.92 Å². The summed E-state index contributed by atoms with van der Waals surface area (Å²) in [5, 5.41) is 4.66. The van der Waals surface area contributed by atoms with Crippen molar-refractivity contribution < 1.29 is 9.53 Å². The summed E-state index contributed by atoms with van der Waals surface area (Å²) >= 11 is 0. The van der Waals surface area contributed by atoms with E-state index in [-0.39, 0.29) is 11.9 Å². The van der Waals surface area contributed by atoms with Crippen molar-refractivity contribution in [3.05, 3.63) is 60.3 Å². The largest absolute Gasteiger partial charge is 0.497 e. The van der Waals surface area contributed by atoms with E-state index in [4.69, 9.17) is 4.74 Å². The first kappa shape index (κ1) is 26.3. The van der Waals surface area contributed by atoms with Crippen molar-refractivity contribution in [1.29, 1.82) is 0 Å². The summed E-state index contributed by atoms with van der Waals surface area (Å²) in [6, 6.07) is 16.7. The molecule has 0 aliphatic carbocycles. The van der Waals surface area contributed by atoms with Crippen LogP contribution >= 0.6 is 0 Å². The third-order valence-corrected chi connectivity index (χ3v) is 6.14. The zero-order valence-corrected chi connectivity index (χ0v) is 22.0. The van der Waals surface area contributed by atoms with Gasteiger partial charge in [-0.25, -0.2) is 0 Å². The van der Waals surface area contributed by atoms with Gasteiger partial charge in [0.25, 0.3) is 0 Å². The molecule has 0 spiro atoms. The second-order valence-electron chi connectivity index (χ2n) is 9.91. The maximum atomic E-state index is 13.0. The molecule has 3 aromatic rings. The molecule has 0 bridgehead atoms. The van der Waals surface area contributed by atoms with Crippen LogP contribution in [-0.4, -0.2) is 49.6 Å². The zero-order chi connectivity index (χ0) is 25.4. The van der Waals surface area contributed by atoms with Crippen LogP contribution in [0.2, 0.25) is 0 Å². The Kier molecular flexibility index (Phi) is 9.35. The van der Waals surface area contributed by atoms with Crippen molar-refractivity contribution in [3.8, 4) is 5.75 Å². The van der Waals surface area contributed by atoms with Gasteiger partial charge in [0.05, 0.1) is 18.3 Å². The molecule has 1 amide bonds. The first-order valence-electron chi connectivity index (χ1n) is 12.5. The molecule has 1 heterocycles. The Morgan fingerprint density at radius 1 is 1.09 bits per heavy atom. The zero-order valence-electron chi connectivity index (χ0n) is 22.0. The number of ether oxygens (including phenoxy) is 1. The van der Waals surface area contributed by atoms with Crippen LogP contribution < -0.4 is 15.0 Å². The van der Waals surface area contributed by atoms with Gasteiger partial charge in [-0.2, -0.15) is 0 Å². The van der Waals surface area contributed by atoms with Gasteiger partial charge in [0.15, 0.2) is 0 Å². The summed E-state index contributed by atoms with van der Waals surface area (Å²) in [6.45, 7) is 7.75. The summed E-state index contributed by atoms with van der Waals surface area (Å²) < 4.78 is 5.48. The molecule has 2 aromatic carbocycles. The van der Waals surface area contributed by atoms with Crippen molar-refractivity contribution in [1.82, 2.24) is 9.88 Å². The molecule has 188 valence electrons. The number of amides is 1. The molecule has 0 aliphatic heterocycles. The Morgan fingerprint density at radius 2 is 1.83 bits per heavy atom. The number of hydrogen-bond donors (Lipinski definition) is 1. The van der Waals surface area contributed by atoms with Gasteiger partial charge in [-0.1, -0.05) is 32.0 Å². The van der Waals surface area contributed by atoms with E-state index in [0.29, 0.717) is 18.9 Å². The number of carbonyl (C=O) groups is 1. The summed E-state index contributed by atoms with van der Waals surface area (Å²) in [5.41, 5.74) is 4.23. The van der Waals surface area contributed by atoms with Crippen molar-refractivity contribution in [2.45, 2.75) is 52.6 Å². The van der Waals surface area contributed by atoms with E-state index < -0.39 is 0 Å². The van der Waals surface area contributed by atoms with Gasteiger partial charge in [-0.15, -0.1) is 0 Å². The third kappa shape index (κ3) is 7.61. The summed E-state index contributed by atoms with van der Waals surface area (Å²) in [4.78, 5) is 21.7. The van der Waals surface area contributed by atoms with Crippen LogP contribution in [0.3, 0.4) is 0 Å². The van der Waals surface area contributed by atoms with Gasteiger partial charge < -0.3 is 19.9 Å². The highest BCUT2D eigenvalue weighted by atomic mass is 16.5. The number of pyridine rings is 1.